The number of benzene rings is 1. The van der Waals surface area contributed by atoms with Crippen molar-refractivity contribution in [1.82, 2.24) is 0 Å². The molecule has 0 heterocycles. The van der Waals surface area contributed by atoms with Crippen LogP contribution in [0.3, 0.4) is 0 Å². The third kappa shape index (κ3) is 5.21. The Morgan fingerprint density at radius 1 is 1.33 bits per heavy atom. The van der Waals surface area contributed by atoms with E-state index in [2.05, 4.69) is 24.0 Å². The Morgan fingerprint density at radius 3 is 2.73 bits per heavy atom. The standard InChI is InChI=1S/C13H16O2/c1-15-11-5-8-13(14)10-9-12-6-3-2-4-7-12/h2-4,6-7,13-14H,9-11H2,1H3. The number of aliphatic hydroxyl groups is 1. The van der Waals surface area contributed by atoms with Gasteiger partial charge in [-0.3, -0.25) is 0 Å². The van der Waals surface area contributed by atoms with Crippen LogP contribution in [0.25, 0.3) is 0 Å². The topological polar surface area (TPSA) is 29.5 Å². The van der Waals surface area contributed by atoms with Gasteiger partial charge in [0.1, 0.15) is 12.7 Å². The first-order chi connectivity index (χ1) is 7.33. The van der Waals surface area contributed by atoms with Gasteiger partial charge in [0.15, 0.2) is 0 Å². The van der Waals surface area contributed by atoms with E-state index < -0.39 is 6.10 Å². The molecule has 1 unspecified atom stereocenters. The Morgan fingerprint density at radius 2 is 2.07 bits per heavy atom. The second-order valence-electron chi connectivity index (χ2n) is 3.29. The van der Waals surface area contributed by atoms with E-state index in [1.54, 1.807) is 7.11 Å². The zero-order valence-electron chi connectivity index (χ0n) is 8.94. The monoisotopic (exact) mass is 204 g/mol. The summed E-state index contributed by atoms with van der Waals surface area (Å²) in [7, 11) is 1.59. The molecule has 0 radical (unpaired) electrons. The lowest BCUT2D eigenvalue weighted by Gasteiger charge is -2.03. The van der Waals surface area contributed by atoms with Crippen molar-refractivity contribution in [3.8, 4) is 11.8 Å². The number of hydrogen-bond acceptors (Lipinski definition) is 2. The summed E-state index contributed by atoms with van der Waals surface area (Å²) in [6.07, 6.45) is 0.963. The van der Waals surface area contributed by atoms with E-state index >= 15 is 0 Å². The molecule has 0 fully saturated rings. The van der Waals surface area contributed by atoms with Crippen LogP contribution >= 0.6 is 0 Å². The molecule has 0 aromatic heterocycles. The number of aliphatic hydroxyl groups excluding tert-OH is 1. The Kier molecular flexibility index (Phi) is 5.54. The molecule has 2 heteroatoms. The molecule has 2 nitrogen and oxygen atoms in total. The zero-order chi connectivity index (χ0) is 10.9. The molecule has 1 N–H and O–H groups in total. The average molecular weight is 204 g/mol. The molecule has 0 aliphatic rings. The molecule has 1 atom stereocenters. The summed E-state index contributed by atoms with van der Waals surface area (Å²) in [5.41, 5.74) is 1.23. The van der Waals surface area contributed by atoms with Crippen molar-refractivity contribution in [2.45, 2.75) is 18.9 Å². The Bertz CT molecular complexity index is 321. The molecule has 0 amide bonds. The van der Waals surface area contributed by atoms with Gasteiger partial charge < -0.3 is 9.84 Å². The van der Waals surface area contributed by atoms with Crippen LogP contribution in [-0.4, -0.2) is 24.9 Å². The number of aryl methyl sites for hydroxylation is 1. The fraction of sp³-hybridized carbons (Fsp3) is 0.385. The first-order valence-corrected chi connectivity index (χ1v) is 5.02. The maximum Gasteiger partial charge on any atom is 0.115 e. The molecular weight excluding hydrogens is 188 g/mol. The summed E-state index contributed by atoms with van der Waals surface area (Å²) in [6.45, 7) is 0.377. The van der Waals surface area contributed by atoms with E-state index in [1.807, 2.05) is 18.2 Å². The van der Waals surface area contributed by atoms with Crippen molar-refractivity contribution in [3.05, 3.63) is 35.9 Å². The third-order valence-corrected chi connectivity index (χ3v) is 2.03. The highest BCUT2D eigenvalue weighted by atomic mass is 16.5. The van der Waals surface area contributed by atoms with Crippen LogP contribution in [0, 0.1) is 11.8 Å². The number of rotatable bonds is 4. The maximum absolute atomic E-state index is 9.51. The van der Waals surface area contributed by atoms with Gasteiger partial charge in [-0.25, -0.2) is 0 Å². The quantitative estimate of drug-likeness (QED) is 0.755. The van der Waals surface area contributed by atoms with Gasteiger partial charge >= 0.3 is 0 Å². The number of ether oxygens (including phenoxy) is 1. The summed E-state index contributed by atoms with van der Waals surface area (Å²) >= 11 is 0. The second kappa shape index (κ2) is 7.05. The van der Waals surface area contributed by atoms with Gasteiger partial charge in [-0.15, -0.1) is 0 Å². The van der Waals surface area contributed by atoms with E-state index in [9.17, 15) is 5.11 Å². The number of methoxy groups -OCH3 is 1. The molecule has 1 aromatic rings. The van der Waals surface area contributed by atoms with Crippen molar-refractivity contribution in [2.24, 2.45) is 0 Å². The van der Waals surface area contributed by atoms with Crippen molar-refractivity contribution >= 4 is 0 Å². The molecule has 0 aliphatic carbocycles. The Labute approximate surface area is 90.9 Å². The lowest BCUT2D eigenvalue weighted by Crippen LogP contribution is -2.04. The van der Waals surface area contributed by atoms with E-state index in [1.165, 1.54) is 5.56 Å². The maximum atomic E-state index is 9.51. The Hall–Kier alpha value is -1.30. The van der Waals surface area contributed by atoms with Crippen LogP contribution in [0.15, 0.2) is 30.3 Å². The minimum Gasteiger partial charge on any atom is -0.380 e. The SMILES string of the molecule is COCC#CC(O)CCc1ccccc1. The fourth-order valence-electron chi connectivity index (χ4n) is 1.25. The molecule has 0 saturated heterocycles. The first-order valence-electron chi connectivity index (χ1n) is 5.02. The molecule has 1 rings (SSSR count). The van der Waals surface area contributed by atoms with Crippen LogP contribution in [0.1, 0.15) is 12.0 Å². The number of hydrogen-bond donors (Lipinski definition) is 1. The van der Waals surface area contributed by atoms with E-state index in [4.69, 9.17) is 4.74 Å². The van der Waals surface area contributed by atoms with Crippen LogP contribution in [0.5, 0.6) is 0 Å². The lowest BCUT2D eigenvalue weighted by atomic mass is 10.1. The summed E-state index contributed by atoms with van der Waals surface area (Å²) < 4.78 is 4.77. The minimum absolute atomic E-state index is 0.377. The fourth-order valence-corrected chi connectivity index (χ4v) is 1.25. The van der Waals surface area contributed by atoms with Crippen LogP contribution in [0.2, 0.25) is 0 Å². The average Bonchev–Trinajstić information content (AvgIpc) is 2.28. The molecule has 1 aromatic carbocycles. The smallest absolute Gasteiger partial charge is 0.115 e. The normalized spacial score (nSPS) is 11.6. The highest BCUT2D eigenvalue weighted by molar-refractivity contribution is 5.15. The largest absolute Gasteiger partial charge is 0.380 e. The van der Waals surface area contributed by atoms with E-state index in [-0.39, 0.29) is 0 Å². The highest BCUT2D eigenvalue weighted by Gasteiger charge is 1.99. The van der Waals surface area contributed by atoms with Crippen LogP contribution < -0.4 is 0 Å². The van der Waals surface area contributed by atoms with Gasteiger partial charge in [-0.2, -0.15) is 0 Å². The third-order valence-electron chi connectivity index (χ3n) is 2.03. The van der Waals surface area contributed by atoms with Gasteiger partial charge in [0.25, 0.3) is 0 Å². The highest BCUT2D eigenvalue weighted by Crippen LogP contribution is 2.04. The lowest BCUT2D eigenvalue weighted by molar-refractivity contribution is 0.219. The van der Waals surface area contributed by atoms with Gasteiger partial charge in [0.2, 0.25) is 0 Å². The summed E-state index contributed by atoms with van der Waals surface area (Å²) in [6, 6.07) is 10.1. The van der Waals surface area contributed by atoms with Crippen molar-refractivity contribution in [3.63, 3.8) is 0 Å². The minimum atomic E-state index is -0.555. The zero-order valence-corrected chi connectivity index (χ0v) is 8.94. The molecule has 0 aliphatic heterocycles. The van der Waals surface area contributed by atoms with Gasteiger partial charge in [-0.1, -0.05) is 42.2 Å². The van der Waals surface area contributed by atoms with Gasteiger partial charge in [0, 0.05) is 7.11 Å². The second-order valence-corrected chi connectivity index (χ2v) is 3.29. The van der Waals surface area contributed by atoms with Crippen molar-refractivity contribution in [1.29, 1.82) is 0 Å². The summed E-state index contributed by atoms with van der Waals surface area (Å²) in [4.78, 5) is 0. The van der Waals surface area contributed by atoms with Crippen LogP contribution in [0.4, 0.5) is 0 Å². The van der Waals surface area contributed by atoms with Gasteiger partial charge in [0.05, 0.1) is 0 Å². The predicted octanol–water partition coefficient (Wildman–Crippen LogP) is 1.63. The van der Waals surface area contributed by atoms with E-state index in [0.717, 1.165) is 6.42 Å². The molecule has 0 spiro atoms. The molecule has 80 valence electrons. The molecule has 15 heavy (non-hydrogen) atoms. The van der Waals surface area contributed by atoms with Gasteiger partial charge in [-0.05, 0) is 18.4 Å². The molecular formula is C13H16O2. The van der Waals surface area contributed by atoms with E-state index in [0.29, 0.717) is 13.0 Å². The summed E-state index contributed by atoms with van der Waals surface area (Å²) in [5, 5.41) is 9.51. The Balaban J connectivity index is 2.29. The molecule has 0 saturated carbocycles. The van der Waals surface area contributed by atoms with Crippen molar-refractivity contribution < 1.29 is 9.84 Å². The van der Waals surface area contributed by atoms with Crippen molar-refractivity contribution in [2.75, 3.05) is 13.7 Å². The summed E-state index contributed by atoms with van der Waals surface area (Å²) in [5.74, 6) is 5.48. The van der Waals surface area contributed by atoms with Crippen LogP contribution in [-0.2, 0) is 11.2 Å². The first kappa shape index (κ1) is 11.8. The predicted molar refractivity (Wildman–Crippen MR) is 60.4 cm³/mol. The molecule has 0 bridgehead atoms.